The third-order valence-corrected chi connectivity index (χ3v) is 6.03. The van der Waals surface area contributed by atoms with Crippen LogP contribution in [0.4, 0.5) is 4.53 Å². The number of hydrogen-bond donors (Lipinski definition) is 3. The van der Waals surface area contributed by atoms with Crippen molar-refractivity contribution in [1.82, 2.24) is 15.8 Å². The standard InChI is InChI=1S/C19H26FN3O3S.C9H15NO/c1-13(23-26-20)6-5-11-25-18-9-7-17(8-10-18)15(3)19(24)22-16(4)27-14(2)12-21;1-5-8-10-6-7(11-8)9(2,3)4/h7-10,12,15,23H,1,4-6,11,21H2,2-3H3,(H,22,24);6H,5H2,1-4H3/b14-12-;. The fourth-order valence-corrected chi connectivity index (χ4v) is 3.51. The molecule has 10 heteroatoms. The highest BCUT2D eigenvalue weighted by Crippen LogP contribution is 2.24. The summed E-state index contributed by atoms with van der Waals surface area (Å²) in [5.74, 6) is 2.00. The lowest BCUT2D eigenvalue weighted by atomic mass is 9.94. The van der Waals surface area contributed by atoms with Crippen molar-refractivity contribution in [2.75, 3.05) is 6.61 Å². The normalized spacial score (nSPS) is 12.1. The van der Waals surface area contributed by atoms with Crippen LogP contribution in [0.1, 0.15) is 77.5 Å². The molecule has 0 bridgehead atoms. The number of hydrogen-bond acceptors (Lipinski definition) is 8. The van der Waals surface area contributed by atoms with Gasteiger partial charge in [0.25, 0.3) is 0 Å². The summed E-state index contributed by atoms with van der Waals surface area (Å²) in [6.07, 6.45) is 5.34. The van der Waals surface area contributed by atoms with Crippen LogP contribution in [-0.4, -0.2) is 17.5 Å². The Morgan fingerprint density at radius 3 is 2.45 bits per heavy atom. The number of nitrogens with zero attached hydrogens (tertiary/aromatic N) is 1. The minimum atomic E-state index is -0.339. The van der Waals surface area contributed by atoms with Gasteiger partial charge >= 0.3 is 0 Å². The molecule has 4 N–H and O–H groups in total. The predicted molar refractivity (Wildman–Crippen MR) is 151 cm³/mol. The summed E-state index contributed by atoms with van der Waals surface area (Å²) >= 11 is 1.31. The Balaban J connectivity index is 0.000000544. The minimum Gasteiger partial charge on any atom is -0.494 e. The van der Waals surface area contributed by atoms with Crippen LogP contribution in [0.3, 0.4) is 0 Å². The van der Waals surface area contributed by atoms with Crippen LogP contribution in [0, 0.1) is 0 Å². The number of thioether (sulfide) groups is 1. The quantitative estimate of drug-likeness (QED) is 0.191. The number of nitrogens with one attached hydrogen (secondary N) is 2. The first kappa shape index (κ1) is 32.8. The molecule has 210 valence electrons. The third-order valence-electron chi connectivity index (χ3n) is 5.22. The van der Waals surface area contributed by atoms with Gasteiger partial charge in [0, 0.05) is 28.6 Å². The molecule has 2 rings (SSSR count). The number of benzene rings is 1. The van der Waals surface area contributed by atoms with E-state index in [0.29, 0.717) is 35.9 Å². The van der Waals surface area contributed by atoms with E-state index in [2.05, 4.69) is 49.3 Å². The van der Waals surface area contributed by atoms with E-state index >= 15 is 0 Å². The maximum atomic E-state index is 12.3. The highest BCUT2D eigenvalue weighted by Gasteiger charge is 2.18. The first-order chi connectivity index (χ1) is 17.9. The van der Waals surface area contributed by atoms with E-state index in [4.69, 9.17) is 14.9 Å². The average Bonchev–Trinajstić information content (AvgIpc) is 3.37. The number of carbonyl (C=O) groups excluding carboxylic acids is 1. The Hall–Kier alpha value is -3.24. The van der Waals surface area contributed by atoms with Gasteiger partial charge in [-0.25, -0.2) is 10.5 Å². The number of aromatic nitrogens is 1. The van der Waals surface area contributed by atoms with Crippen molar-refractivity contribution in [2.24, 2.45) is 5.73 Å². The number of rotatable bonds is 13. The van der Waals surface area contributed by atoms with Crippen molar-refractivity contribution < 1.29 is 23.5 Å². The van der Waals surface area contributed by atoms with Gasteiger partial charge in [0.15, 0.2) is 5.89 Å². The summed E-state index contributed by atoms with van der Waals surface area (Å²) in [6, 6.07) is 7.30. The number of oxazole rings is 1. The van der Waals surface area contributed by atoms with Crippen molar-refractivity contribution in [3.05, 3.63) is 82.7 Å². The number of allylic oxidation sites excluding steroid dienone is 2. The van der Waals surface area contributed by atoms with Gasteiger partial charge in [-0.1, -0.05) is 69.8 Å². The second-order valence-electron chi connectivity index (χ2n) is 9.54. The Morgan fingerprint density at radius 2 is 1.95 bits per heavy atom. The highest BCUT2D eigenvalue weighted by atomic mass is 32.2. The molecule has 0 aliphatic carbocycles. The van der Waals surface area contributed by atoms with Crippen LogP contribution in [-0.2, 0) is 21.7 Å². The third kappa shape index (κ3) is 12.3. The lowest BCUT2D eigenvalue weighted by Gasteiger charge is -2.14. The van der Waals surface area contributed by atoms with E-state index in [9.17, 15) is 9.32 Å². The van der Waals surface area contributed by atoms with E-state index in [1.165, 1.54) is 18.0 Å². The van der Waals surface area contributed by atoms with Crippen molar-refractivity contribution >= 4 is 17.7 Å². The number of hydroxylamine groups is 1. The van der Waals surface area contributed by atoms with E-state index in [1.54, 1.807) is 0 Å². The monoisotopic (exact) mass is 548 g/mol. The van der Waals surface area contributed by atoms with E-state index in [0.717, 1.165) is 28.5 Å². The van der Waals surface area contributed by atoms with Crippen LogP contribution in [0.5, 0.6) is 5.75 Å². The number of ether oxygens (including phenoxy) is 1. The number of halogens is 1. The molecule has 1 heterocycles. The second-order valence-corrected chi connectivity index (χ2v) is 10.9. The molecule has 1 aromatic carbocycles. The first-order valence-corrected chi connectivity index (χ1v) is 13.2. The zero-order chi connectivity index (χ0) is 28.7. The molecule has 0 spiro atoms. The molecule has 0 aliphatic heterocycles. The molecule has 0 radical (unpaired) electrons. The summed E-state index contributed by atoms with van der Waals surface area (Å²) < 4.78 is 22.7. The number of carbonyl (C=O) groups is 1. The second kappa shape index (κ2) is 16.6. The van der Waals surface area contributed by atoms with Crippen LogP contribution < -0.4 is 21.3 Å². The van der Waals surface area contributed by atoms with E-state index < -0.39 is 0 Å². The Morgan fingerprint density at radius 1 is 1.29 bits per heavy atom. The van der Waals surface area contributed by atoms with Gasteiger partial charge in [0.1, 0.15) is 11.5 Å². The first-order valence-electron chi connectivity index (χ1n) is 12.4. The molecule has 1 amide bonds. The van der Waals surface area contributed by atoms with Gasteiger partial charge < -0.3 is 20.2 Å². The molecule has 1 aromatic heterocycles. The van der Waals surface area contributed by atoms with Gasteiger partial charge in [-0.05, 0) is 48.9 Å². The maximum Gasteiger partial charge on any atom is 0.232 e. The maximum absolute atomic E-state index is 12.3. The lowest BCUT2D eigenvalue weighted by molar-refractivity contribution is -0.181. The molecule has 2 aromatic rings. The molecule has 1 atom stereocenters. The smallest absolute Gasteiger partial charge is 0.232 e. The average molecular weight is 549 g/mol. The number of aryl methyl sites for hydroxylation is 1. The summed E-state index contributed by atoms with van der Waals surface area (Å²) in [5, 5.41) is 6.58. The predicted octanol–water partition coefficient (Wildman–Crippen LogP) is 6.54. The topological polar surface area (TPSA) is 112 Å². The van der Waals surface area contributed by atoms with Crippen LogP contribution in [0.25, 0.3) is 0 Å². The van der Waals surface area contributed by atoms with E-state index in [-0.39, 0.29) is 17.2 Å². The fraction of sp³-hybridized carbons (Fsp3) is 0.429. The Kier molecular flexibility index (Phi) is 14.3. The van der Waals surface area contributed by atoms with Gasteiger partial charge in [-0.3, -0.25) is 4.79 Å². The van der Waals surface area contributed by atoms with Crippen molar-refractivity contribution in [2.45, 2.75) is 72.1 Å². The molecule has 0 saturated carbocycles. The molecule has 0 aliphatic rings. The zero-order valence-electron chi connectivity index (χ0n) is 23.2. The fourth-order valence-electron chi connectivity index (χ4n) is 2.91. The summed E-state index contributed by atoms with van der Waals surface area (Å²) in [4.78, 5) is 17.3. The molecular weight excluding hydrogens is 507 g/mol. The van der Waals surface area contributed by atoms with Gasteiger partial charge in [0.2, 0.25) is 5.91 Å². The van der Waals surface area contributed by atoms with Crippen LogP contribution in [0.15, 0.2) is 69.9 Å². The van der Waals surface area contributed by atoms with Gasteiger partial charge in [-0.15, -0.1) is 0 Å². The molecular formula is C28H41FN4O4S. The van der Waals surface area contributed by atoms with E-state index in [1.807, 2.05) is 56.7 Å². The number of nitrogens with two attached hydrogens (primary N) is 1. The van der Waals surface area contributed by atoms with Gasteiger partial charge in [-0.2, -0.15) is 0 Å². The molecule has 0 fully saturated rings. The molecule has 8 nitrogen and oxygen atoms in total. The van der Waals surface area contributed by atoms with Crippen molar-refractivity contribution in [1.29, 1.82) is 0 Å². The highest BCUT2D eigenvalue weighted by molar-refractivity contribution is 8.06. The summed E-state index contributed by atoms with van der Waals surface area (Å²) in [6.45, 7) is 19.9. The Labute approximate surface area is 229 Å². The minimum absolute atomic E-state index is 0.0837. The SMILES string of the molecule is C=C(CCCOc1ccc(C(C)C(=O)NC(=C)S/C(C)=C\N)cc1)NOF.CCc1ncc(C(C)(C)C)o1. The van der Waals surface area contributed by atoms with Crippen molar-refractivity contribution in [3.63, 3.8) is 0 Å². The van der Waals surface area contributed by atoms with Gasteiger partial charge in [0.05, 0.1) is 23.8 Å². The summed E-state index contributed by atoms with van der Waals surface area (Å²) in [7, 11) is 0. The molecule has 1 unspecified atom stereocenters. The van der Waals surface area contributed by atoms with Crippen LogP contribution in [0.2, 0.25) is 0 Å². The Bertz CT molecular complexity index is 1060. The molecule has 0 saturated heterocycles. The lowest BCUT2D eigenvalue weighted by Crippen LogP contribution is -2.26. The van der Waals surface area contributed by atoms with Crippen molar-refractivity contribution in [3.8, 4) is 5.75 Å². The largest absolute Gasteiger partial charge is 0.494 e. The summed E-state index contributed by atoms with van der Waals surface area (Å²) in [5.41, 5.74) is 8.83. The molecule has 38 heavy (non-hydrogen) atoms. The van der Waals surface area contributed by atoms with Crippen LogP contribution >= 0.6 is 11.8 Å². The zero-order valence-corrected chi connectivity index (χ0v) is 24.0. The number of amides is 1.